The highest BCUT2D eigenvalue weighted by molar-refractivity contribution is 7.09. The maximum Gasteiger partial charge on any atom is 0.325 e. The monoisotopic (exact) mass is 483 g/mol. The number of nitrogens with one attached hydrogen (secondary N) is 1. The highest BCUT2D eigenvalue weighted by Gasteiger charge is 2.52. The van der Waals surface area contributed by atoms with Crippen LogP contribution in [0.1, 0.15) is 50.0 Å². The van der Waals surface area contributed by atoms with Gasteiger partial charge in [0, 0.05) is 23.9 Å². The van der Waals surface area contributed by atoms with Crippen LogP contribution in [0.5, 0.6) is 5.75 Å². The highest BCUT2D eigenvalue weighted by atomic mass is 32.1. The minimum absolute atomic E-state index is 0.0986. The SMILES string of the molecule is COc1ccc(CN(C(=O)CN2C(=O)NC3(CCC(C)CC3)C2=O)C(C)Cc2cccs2)cc1. The van der Waals surface area contributed by atoms with E-state index in [1.807, 2.05) is 42.6 Å². The fourth-order valence-electron chi connectivity index (χ4n) is 4.89. The van der Waals surface area contributed by atoms with Crippen LogP contribution in [-0.2, 0) is 22.6 Å². The number of carbonyl (C=O) groups is 3. The van der Waals surface area contributed by atoms with Gasteiger partial charge in [-0.3, -0.25) is 14.5 Å². The normalized spacial score (nSPS) is 23.1. The van der Waals surface area contributed by atoms with Gasteiger partial charge in [-0.25, -0.2) is 4.79 Å². The molecule has 2 aromatic rings. The zero-order chi connectivity index (χ0) is 24.3. The Balaban J connectivity index is 1.51. The van der Waals surface area contributed by atoms with Crippen molar-refractivity contribution in [2.45, 2.75) is 64.1 Å². The number of hydrogen-bond acceptors (Lipinski definition) is 5. The number of ether oxygens (including phenoxy) is 1. The third kappa shape index (κ3) is 5.12. The van der Waals surface area contributed by atoms with Gasteiger partial charge in [-0.2, -0.15) is 0 Å². The van der Waals surface area contributed by atoms with E-state index in [0.717, 1.165) is 29.1 Å². The van der Waals surface area contributed by atoms with Gasteiger partial charge in [0.2, 0.25) is 5.91 Å². The molecule has 1 aliphatic carbocycles. The maximum atomic E-state index is 13.5. The molecule has 34 heavy (non-hydrogen) atoms. The Morgan fingerprint density at radius 1 is 1.24 bits per heavy atom. The summed E-state index contributed by atoms with van der Waals surface area (Å²) in [4.78, 5) is 43.7. The minimum Gasteiger partial charge on any atom is -0.497 e. The second-order valence-corrected chi connectivity index (χ2v) is 10.6. The van der Waals surface area contributed by atoms with Crippen molar-refractivity contribution >= 4 is 29.2 Å². The Kier molecular flexibility index (Phi) is 7.26. The lowest BCUT2D eigenvalue weighted by atomic mass is 9.77. The van der Waals surface area contributed by atoms with Gasteiger partial charge in [0.25, 0.3) is 5.91 Å². The number of rotatable bonds is 8. The molecule has 8 heteroatoms. The molecular weight excluding hydrogens is 450 g/mol. The molecule has 1 N–H and O–H groups in total. The summed E-state index contributed by atoms with van der Waals surface area (Å²) >= 11 is 1.66. The molecule has 0 bridgehead atoms. The Labute approximate surface area is 205 Å². The average molecular weight is 484 g/mol. The van der Waals surface area contributed by atoms with Crippen LogP contribution >= 0.6 is 11.3 Å². The van der Waals surface area contributed by atoms with E-state index < -0.39 is 11.6 Å². The van der Waals surface area contributed by atoms with Crippen LogP contribution in [0.4, 0.5) is 4.79 Å². The third-order valence-corrected chi connectivity index (χ3v) is 8.01. The lowest BCUT2D eigenvalue weighted by Gasteiger charge is -2.34. The minimum atomic E-state index is -0.840. The molecule has 0 radical (unpaired) electrons. The van der Waals surface area contributed by atoms with Crippen molar-refractivity contribution < 1.29 is 19.1 Å². The lowest BCUT2D eigenvalue weighted by molar-refractivity contribution is -0.141. The van der Waals surface area contributed by atoms with E-state index in [9.17, 15) is 14.4 Å². The molecule has 1 aromatic heterocycles. The highest BCUT2D eigenvalue weighted by Crippen LogP contribution is 2.36. The molecule has 4 rings (SSSR count). The van der Waals surface area contributed by atoms with Gasteiger partial charge in [0.15, 0.2) is 0 Å². The average Bonchev–Trinajstić information content (AvgIpc) is 3.42. The molecule has 4 amide bonds. The first-order chi connectivity index (χ1) is 16.3. The molecule has 2 heterocycles. The van der Waals surface area contributed by atoms with E-state index in [1.54, 1.807) is 23.3 Å². The molecule has 2 aliphatic rings. The zero-order valence-electron chi connectivity index (χ0n) is 20.1. The number of amides is 4. The number of benzene rings is 1. The van der Waals surface area contributed by atoms with Crippen LogP contribution in [0.2, 0.25) is 0 Å². The molecule has 182 valence electrons. The van der Waals surface area contributed by atoms with Crippen LogP contribution in [0.25, 0.3) is 0 Å². The van der Waals surface area contributed by atoms with E-state index in [4.69, 9.17) is 4.74 Å². The van der Waals surface area contributed by atoms with Crippen molar-refractivity contribution in [3.05, 3.63) is 52.2 Å². The summed E-state index contributed by atoms with van der Waals surface area (Å²) < 4.78 is 5.25. The molecule has 1 aromatic carbocycles. The smallest absolute Gasteiger partial charge is 0.325 e. The largest absolute Gasteiger partial charge is 0.497 e. The van der Waals surface area contributed by atoms with Gasteiger partial charge in [0.05, 0.1) is 7.11 Å². The van der Waals surface area contributed by atoms with Gasteiger partial charge in [0.1, 0.15) is 17.8 Å². The molecule has 1 aliphatic heterocycles. The van der Waals surface area contributed by atoms with Crippen molar-refractivity contribution in [1.29, 1.82) is 0 Å². The van der Waals surface area contributed by atoms with Crippen molar-refractivity contribution in [3.8, 4) is 5.75 Å². The van der Waals surface area contributed by atoms with Gasteiger partial charge < -0.3 is 15.0 Å². The number of hydrogen-bond donors (Lipinski definition) is 1. The molecule has 1 atom stereocenters. The molecular formula is C26H33N3O4S. The van der Waals surface area contributed by atoms with E-state index in [-0.39, 0.29) is 24.4 Å². The zero-order valence-corrected chi connectivity index (χ0v) is 20.9. The summed E-state index contributed by atoms with van der Waals surface area (Å²) in [7, 11) is 1.62. The van der Waals surface area contributed by atoms with Crippen LogP contribution in [0, 0.1) is 5.92 Å². The quantitative estimate of drug-likeness (QED) is 0.571. The Hall–Kier alpha value is -2.87. The second-order valence-electron chi connectivity index (χ2n) is 9.59. The fraction of sp³-hybridized carbons (Fsp3) is 0.500. The predicted octanol–water partition coefficient (Wildman–Crippen LogP) is 4.22. The number of nitrogens with zero attached hydrogens (tertiary/aromatic N) is 2. The van der Waals surface area contributed by atoms with Crippen molar-refractivity contribution in [2.75, 3.05) is 13.7 Å². The summed E-state index contributed by atoms with van der Waals surface area (Å²) in [5.41, 5.74) is 0.120. The first kappa shape index (κ1) is 24.3. The number of imide groups is 1. The molecule has 1 spiro atoms. The molecule has 1 saturated carbocycles. The molecule has 7 nitrogen and oxygen atoms in total. The third-order valence-electron chi connectivity index (χ3n) is 7.11. The van der Waals surface area contributed by atoms with Gasteiger partial charge in [-0.05, 0) is 67.7 Å². The summed E-state index contributed by atoms with van der Waals surface area (Å²) in [6.45, 7) is 4.33. The molecule has 1 unspecified atom stereocenters. The second kappa shape index (κ2) is 10.2. The van der Waals surface area contributed by atoms with Crippen molar-refractivity contribution in [2.24, 2.45) is 5.92 Å². The predicted molar refractivity (Wildman–Crippen MR) is 132 cm³/mol. The summed E-state index contributed by atoms with van der Waals surface area (Å²) in [5, 5.41) is 4.94. The van der Waals surface area contributed by atoms with Gasteiger partial charge in [-0.15, -0.1) is 11.3 Å². The lowest BCUT2D eigenvalue weighted by Crippen LogP contribution is -2.50. The Bertz CT molecular complexity index is 1010. The summed E-state index contributed by atoms with van der Waals surface area (Å²) in [6.07, 6.45) is 3.77. The summed E-state index contributed by atoms with van der Waals surface area (Å²) in [5.74, 6) is 0.807. The van der Waals surface area contributed by atoms with Gasteiger partial charge in [-0.1, -0.05) is 25.1 Å². The van der Waals surface area contributed by atoms with Crippen molar-refractivity contribution in [3.63, 3.8) is 0 Å². The van der Waals surface area contributed by atoms with E-state index >= 15 is 0 Å². The number of thiophene rings is 1. The Morgan fingerprint density at radius 2 is 1.94 bits per heavy atom. The number of urea groups is 1. The molecule has 1 saturated heterocycles. The standard InChI is InChI=1S/C26H33N3O4S/c1-18-10-12-26(13-11-18)24(31)29(25(32)27-26)17-23(30)28(19(2)15-22-5-4-14-34-22)16-20-6-8-21(33-3)9-7-20/h4-9,14,18-19H,10-13,15-17H2,1-3H3,(H,27,32). The van der Waals surface area contributed by atoms with Crippen LogP contribution in [0.15, 0.2) is 41.8 Å². The first-order valence-corrected chi connectivity index (χ1v) is 12.8. The van der Waals surface area contributed by atoms with E-state index in [2.05, 4.69) is 18.3 Å². The van der Waals surface area contributed by atoms with E-state index in [1.165, 1.54) is 4.88 Å². The van der Waals surface area contributed by atoms with Gasteiger partial charge >= 0.3 is 6.03 Å². The molecule has 2 fully saturated rings. The van der Waals surface area contributed by atoms with Crippen LogP contribution in [-0.4, -0.2) is 52.9 Å². The Morgan fingerprint density at radius 3 is 2.56 bits per heavy atom. The first-order valence-electron chi connectivity index (χ1n) is 11.9. The number of methoxy groups -OCH3 is 1. The topological polar surface area (TPSA) is 79.0 Å². The van der Waals surface area contributed by atoms with E-state index in [0.29, 0.717) is 31.7 Å². The summed E-state index contributed by atoms with van der Waals surface area (Å²) in [6, 6.07) is 11.1. The van der Waals surface area contributed by atoms with Crippen LogP contribution in [0.3, 0.4) is 0 Å². The fourth-order valence-corrected chi connectivity index (χ4v) is 5.71. The van der Waals surface area contributed by atoms with Crippen molar-refractivity contribution in [1.82, 2.24) is 15.1 Å². The number of carbonyl (C=O) groups excluding carboxylic acids is 3. The van der Waals surface area contributed by atoms with Crippen LogP contribution < -0.4 is 10.1 Å². The maximum absolute atomic E-state index is 13.5.